The minimum absolute atomic E-state index is 0.0289. The first-order chi connectivity index (χ1) is 14.5. The molecule has 162 valence electrons. The third kappa shape index (κ3) is 5.13. The van der Waals surface area contributed by atoms with E-state index in [0.717, 1.165) is 19.4 Å². The molecule has 1 fully saturated rings. The minimum atomic E-state index is -0.711. The number of hydrogen-bond donors (Lipinski definition) is 1. The molecule has 1 saturated heterocycles. The van der Waals surface area contributed by atoms with Gasteiger partial charge < -0.3 is 28.8 Å². The van der Waals surface area contributed by atoms with Crippen LogP contribution >= 0.6 is 0 Å². The zero-order valence-electron chi connectivity index (χ0n) is 17.6. The van der Waals surface area contributed by atoms with Crippen LogP contribution in [-0.2, 0) is 16.1 Å². The fraction of sp³-hybridized carbons (Fsp3) is 0.455. The van der Waals surface area contributed by atoms with Gasteiger partial charge >= 0.3 is 0 Å². The number of carbonyl (C=O) groups excluding carboxylic acids is 2. The molecule has 3 rings (SSSR count). The van der Waals surface area contributed by atoms with E-state index in [9.17, 15) is 9.59 Å². The maximum atomic E-state index is 13.3. The van der Waals surface area contributed by atoms with Crippen molar-refractivity contribution in [1.29, 1.82) is 0 Å². The molecule has 0 aliphatic carbocycles. The van der Waals surface area contributed by atoms with Crippen LogP contribution < -0.4 is 14.8 Å². The van der Waals surface area contributed by atoms with Gasteiger partial charge in [0.05, 0.1) is 33.1 Å². The second-order valence-electron chi connectivity index (χ2n) is 7.14. The lowest BCUT2D eigenvalue weighted by molar-refractivity contribution is -0.125. The predicted molar refractivity (Wildman–Crippen MR) is 110 cm³/mol. The van der Waals surface area contributed by atoms with Crippen LogP contribution in [0, 0.1) is 0 Å². The van der Waals surface area contributed by atoms with Gasteiger partial charge in [0.2, 0.25) is 5.91 Å². The summed E-state index contributed by atoms with van der Waals surface area (Å²) in [5.41, 5.74) is 0.387. The Bertz CT molecular complexity index is 845. The first-order valence-electron chi connectivity index (χ1n) is 9.98. The van der Waals surface area contributed by atoms with E-state index >= 15 is 0 Å². The van der Waals surface area contributed by atoms with Gasteiger partial charge in [0, 0.05) is 18.7 Å². The summed E-state index contributed by atoms with van der Waals surface area (Å²) in [6, 6.07) is 7.72. The van der Waals surface area contributed by atoms with Crippen molar-refractivity contribution in [2.45, 2.75) is 38.5 Å². The molecule has 0 unspecified atom stereocenters. The Morgan fingerprint density at radius 1 is 1.23 bits per heavy atom. The molecule has 0 saturated carbocycles. The molecule has 2 heterocycles. The number of carbonyl (C=O) groups is 2. The van der Waals surface area contributed by atoms with E-state index in [1.807, 2.05) is 0 Å². The molecule has 2 aromatic rings. The molecule has 1 aliphatic rings. The normalized spacial score (nSPS) is 16.7. The van der Waals surface area contributed by atoms with E-state index in [-0.39, 0.29) is 24.5 Å². The quantitative estimate of drug-likeness (QED) is 0.676. The Morgan fingerprint density at radius 2 is 2.03 bits per heavy atom. The molecule has 1 aliphatic heterocycles. The highest BCUT2D eigenvalue weighted by Gasteiger charge is 2.29. The summed E-state index contributed by atoms with van der Waals surface area (Å²) in [5, 5.41) is 2.90. The van der Waals surface area contributed by atoms with E-state index < -0.39 is 6.04 Å². The summed E-state index contributed by atoms with van der Waals surface area (Å²) in [4.78, 5) is 27.6. The molecule has 1 aromatic carbocycles. The number of methoxy groups -OCH3 is 2. The Hall–Kier alpha value is -3.00. The number of hydrogen-bond acceptors (Lipinski definition) is 6. The molecule has 8 nitrogen and oxygen atoms in total. The molecule has 2 atom stereocenters. The Kier molecular flexibility index (Phi) is 7.35. The van der Waals surface area contributed by atoms with Gasteiger partial charge in [-0.3, -0.25) is 9.59 Å². The Balaban J connectivity index is 1.78. The number of ether oxygens (including phenoxy) is 3. The predicted octanol–water partition coefficient (Wildman–Crippen LogP) is 2.62. The van der Waals surface area contributed by atoms with Crippen molar-refractivity contribution < 1.29 is 28.2 Å². The van der Waals surface area contributed by atoms with Gasteiger partial charge in [0.25, 0.3) is 5.91 Å². The van der Waals surface area contributed by atoms with Crippen LogP contribution in [-0.4, -0.2) is 56.2 Å². The van der Waals surface area contributed by atoms with Crippen LogP contribution in [0.15, 0.2) is 41.0 Å². The van der Waals surface area contributed by atoms with Gasteiger partial charge in [-0.1, -0.05) is 0 Å². The van der Waals surface area contributed by atoms with Crippen LogP contribution in [0.3, 0.4) is 0 Å². The number of furan rings is 1. The summed E-state index contributed by atoms with van der Waals surface area (Å²) in [7, 11) is 3.04. The highest BCUT2D eigenvalue weighted by Crippen LogP contribution is 2.28. The van der Waals surface area contributed by atoms with Gasteiger partial charge in [-0.25, -0.2) is 0 Å². The first-order valence-corrected chi connectivity index (χ1v) is 9.98. The summed E-state index contributed by atoms with van der Waals surface area (Å²) in [6.45, 7) is 3.02. The summed E-state index contributed by atoms with van der Waals surface area (Å²) in [6.07, 6.45) is 3.49. The molecule has 1 aromatic heterocycles. The maximum Gasteiger partial charge on any atom is 0.255 e. The van der Waals surface area contributed by atoms with Crippen molar-refractivity contribution in [3.05, 3.63) is 47.9 Å². The zero-order valence-corrected chi connectivity index (χ0v) is 17.6. The van der Waals surface area contributed by atoms with Crippen LogP contribution in [0.4, 0.5) is 0 Å². The molecule has 0 spiro atoms. The third-order valence-electron chi connectivity index (χ3n) is 5.17. The molecule has 0 bridgehead atoms. The standard InChI is InChI=1S/C22H28N2O6/c1-15(21(25)23-13-17-6-4-10-29-17)24(14-18-7-5-11-30-18)22(26)16-8-9-19(27-2)20(12-16)28-3/h5,7-9,11-12,15,17H,4,6,10,13-14H2,1-3H3,(H,23,25)/t15-,17+/m0/s1. The van der Waals surface area contributed by atoms with Gasteiger partial charge in [0.1, 0.15) is 11.8 Å². The molecule has 2 amide bonds. The molecule has 1 N–H and O–H groups in total. The van der Waals surface area contributed by atoms with Crippen molar-refractivity contribution in [2.75, 3.05) is 27.4 Å². The topological polar surface area (TPSA) is 90.2 Å². The second kappa shape index (κ2) is 10.2. The molecular formula is C22H28N2O6. The van der Waals surface area contributed by atoms with Crippen molar-refractivity contribution in [3.63, 3.8) is 0 Å². The maximum absolute atomic E-state index is 13.3. The first kappa shape index (κ1) is 21.7. The largest absolute Gasteiger partial charge is 0.493 e. The highest BCUT2D eigenvalue weighted by atomic mass is 16.5. The summed E-state index contributed by atoms with van der Waals surface area (Å²) in [5.74, 6) is 0.992. The monoisotopic (exact) mass is 416 g/mol. The molecular weight excluding hydrogens is 388 g/mol. The van der Waals surface area contributed by atoms with E-state index in [4.69, 9.17) is 18.6 Å². The van der Waals surface area contributed by atoms with Crippen LogP contribution in [0.25, 0.3) is 0 Å². The Labute approximate surface area is 176 Å². The van der Waals surface area contributed by atoms with E-state index in [0.29, 0.717) is 29.4 Å². The van der Waals surface area contributed by atoms with Crippen LogP contribution in [0.5, 0.6) is 11.5 Å². The smallest absolute Gasteiger partial charge is 0.255 e. The van der Waals surface area contributed by atoms with Gasteiger partial charge in [-0.15, -0.1) is 0 Å². The lowest BCUT2D eigenvalue weighted by Crippen LogP contribution is -2.48. The SMILES string of the molecule is COc1ccc(C(=O)N(Cc2ccco2)[C@@H](C)C(=O)NC[C@H]2CCCO2)cc1OC. The molecule has 8 heteroatoms. The number of nitrogens with one attached hydrogen (secondary N) is 1. The Morgan fingerprint density at radius 3 is 2.67 bits per heavy atom. The number of benzene rings is 1. The lowest BCUT2D eigenvalue weighted by Gasteiger charge is -2.28. The third-order valence-corrected chi connectivity index (χ3v) is 5.17. The van der Waals surface area contributed by atoms with Gasteiger partial charge in [-0.05, 0) is 50.1 Å². The second-order valence-corrected chi connectivity index (χ2v) is 7.14. The van der Waals surface area contributed by atoms with E-state index in [1.54, 1.807) is 37.3 Å². The van der Waals surface area contributed by atoms with Gasteiger partial charge in [-0.2, -0.15) is 0 Å². The van der Waals surface area contributed by atoms with Crippen molar-refractivity contribution in [1.82, 2.24) is 10.2 Å². The number of nitrogens with zero attached hydrogens (tertiary/aromatic N) is 1. The number of amides is 2. The lowest BCUT2D eigenvalue weighted by atomic mass is 10.1. The average molecular weight is 416 g/mol. The van der Waals surface area contributed by atoms with Crippen molar-refractivity contribution in [2.24, 2.45) is 0 Å². The summed E-state index contributed by atoms with van der Waals surface area (Å²) < 4.78 is 21.5. The number of rotatable bonds is 9. The molecule has 0 radical (unpaired) electrons. The van der Waals surface area contributed by atoms with Crippen molar-refractivity contribution in [3.8, 4) is 11.5 Å². The van der Waals surface area contributed by atoms with Crippen molar-refractivity contribution >= 4 is 11.8 Å². The minimum Gasteiger partial charge on any atom is -0.493 e. The fourth-order valence-electron chi connectivity index (χ4n) is 3.40. The van der Waals surface area contributed by atoms with Crippen LogP contribution in [0.1, 0.15) is 35.9 Å². The average Bonchev–Trinajstić information content (AvgIpc) is 3.48. The van der Waals surface area contributed by atoms with Crippen LogP contribution in [0.2, 0.25) is 0 Å². The fourth-order valence-corrected chi connectivity index (χ4v) is 3.40. The summed E-state index contributed by atoms with van der Waals surface area (Å²) >= 11 is 0. The van der Waals surface area contributed by atoms with E-state index in [1.165, 1.54) is 25.4 Å². The van der Waals surface area contributed by atoms with Gasteiger partial charge in [0.15, 0.2) is 11.5 Å². The van der Waals surface area contributed by atoms with E-state index in [2.05, 4.69) is 5.32 Å². The zero-order chi connectivity index (χ0) is 21.5. The highest BCUT2D eigenvalue weighted by molar-refractivity contribution is 5.98. The molecule has 30 heavy (non-hydrogen) atoms.